The third-order valence-electron chi connectivity index (χ3n) is 5.68. The number of nitrogens with one attached hydrogen (secondary N) is 2. The number of benzene rings is 3. The van der Waals surface area contributed by atoms with E-state index in [0.717, 1.165) is 48.7 Å². The van der Waals surface area contributed by atoms with E-state index in [-0.39, 0.29) is 10.5 Å². The van der Waals surface area contributed by atoms with Gasteiger partial charge < -0.3 is 9.64 Å². The van der Waals surface area contributed by atoms with Gasteiger partial charge in [0.1, 0.15) is 0 Å². The highest BCUT2D eigenvalue weighted by molar-refractivity contribution is 7.92. The molecule has 0 saturated carbocycles. The Balaban J connectivity index is 1.39. The molecule has 1 heterocycles. The highest BCUT2D eigenvalue weighted by Gasteiger charge is 2.17. The molecule has 1 amide bonds. The number of hydrogen-bond acceptors (Lipinski definition) is 6. The van der Waals surface area contributed by atoms with Gasteiger partial charge in [-0.2, -0.15) is 5.10 Å². The molecule has 1 aliphatic rings. The topological polar surface area (TPSA) is 100 Å². The van der Waals surface area contributed by atoms with E-state index in [0.29, 0.717) is 5.69 Å². The molecule has 0 aliphatic carbocycles. The van der Waals surface area contributed by atoms with Crippen LogP contribution >= 0.6 is 0 Å². The first-order chi connectivity index (χ1) is 16.8. The molecule has 0 spiro atoms. The predicted molar refractivity (Wildman–Crippen MR) is 138 cm³/mol. The molecule has 0 radical (unpaired) electrons. The molecule has 8 nitrogen and oxygen atoms in total. The highest BCUT2D eigenvalue weighted by atomic mass is 32.2. The Hall–Kier alpha value is -3.69. The summed E-state index contributed by atoms with van der Waals surface area (Å²) >= 11 is 0. The summed E-state index contributed by atoms with van der Waals surface area (Å²) in [6, 6.07) is 19.2. The number of anilines is 2. The minimum Gasteiger partial charge on any atom is -0.378 e. The van der Waals surface area contributed by atoms with Gasteiger partial charge in [0.2, 0.25) is 0 Å². The molecular weight excluding hydrogens is 464 g/mol. The Morgan fingerprint density at radius 2 is 1.74 bits per heavy atom. The summed E-state index contributed by atoms with van der Waals surface area (Å²) in [7, 11) is -3.86. The van der Waals surface area contributed by atoms with E-state index in [2.05, 4.69) is 20.1 Å². The van der Waals surface area contributed by atoms with Gasteiger partial charge in [0, 0.05) is 24.3 Å². The number of rotatable bonds is 7. The van der Waals surface area contributed by atoms with E-state index in [1.54, 1.807) is 12.3 Å². The van der Waals surface area contributed by atoms with E-state index in [4.69, 9.17) is 4.74 Å². The van der Waals surface area contributed by atoms with E-state index in [9.17, 15) is 13.2 Å². The van der Waals surface area contributed by atoms with Crippen LogP contribution in [0.3, 0.4) is 0 Å². The van der Waals surface area contributed by atoms with Gasteiger partial charge in [0.25, 0.3) is 15.9 Å². The molecule has 1 aliphatic heterocycles. The molecule has 1 saturated heterocycles. The van der Waals surface area contributed by atoms with Gasteiger partial charge >= 0.3 is 0 Å². The predicted octanol–water partition coefficient (Wildman–Crippen LogP) is 3.70. The molecule has 3 aromatic rings. The van der Waals surface area contributed by atoms with Crippen LogP contribution in [0.1, 0.15) is 27.0 Å². The summed E-state index contributed by atoms with van der Waals surface area (Å²) in [5.74, 6) is -0.505. The Labute approximate surface area is 205 Å². The lowest BCUT2D eigenvalue weighted by Crippen LogP contribution is -2.36. The normalized spacial score (nSPS) is 14.2. The van der Waals surface area contributed by atoms with Crippen LogP contribution in [-0.2, 0) is 14.8 Å². The molecule has 9 heteroatoms. The Kier molecular flexibility index (Phi) is 7.48. The molecule has 0 bridgehead atoms. The van der Waals surface area contributed by atoms with Crippen LogP contribution in [0.2, 0.25) is 0 Å². The fourth-order valence-corrected chi connectivity index (χ4v) is 4.94. The van der Waals surface area contributed by atoms with Crippen molar-refractivity contribution in [3.63, 3.8) is 0 Å². The van der Waals surface area contributed by atoms with E-state index < -0.39 is 15.9 Å². The van der Waals surface area contributed by atoms with Crippen LogP contribution in [0, 0.1) is 13.8 Å². The number of ether oxygens (including phenoxy) is 1. The van der Waals surface area contributed by atoms with Crippen molar-refractivity contribution in [3.8, 4) is 0 Å². The highest BCUT2D eigenvalue weighted by Crippen LogP contribution is 2.21. The molecule has 1 fully saturated rings. The second-order valence-corrected chi connectivity index (χ2v) is 10.0. The van der Waals surface area contributed by atoms with Gasteiger partial charge in [-0.15, -0.1) is 0 Å². The van der Waals surface area contributed by atoms with E-state index in [1.165, 1.54) is 24.3 Å². The first-order valence-electron chi connectivity index (χ1n) is 11.3. The standard InChI is InChI=1S/C26H28N4O4S/c1-19-6-11-25(20(2)16-19)29-35(32,33)24-5-3-4-22(17-24)26(31)28-27-18-21-7-9-23(10-8-21)30-12-14-34-15-13-30/h3-11,16-18,29H,12-15H2,1-2H3,(H,28,31)/b27-18+. The van der Waals surface area contributed by atoms with Gasteiger partial charge in [0.05, 0.1) is 30.0 Å². The smallest absolute Gasteiger partial charge is 0.271 e. The third kappa shape index (κ3) is 6.26. The van der Waals surface area contributed by atoms with Crippen LogP contribution in [0.4, 0.5) is 11.4 Å². The largest absolute Gasteiger partial charge is 0.378 e. The van der Waals surface area contributed by atoms with Gasteiger partial charge in [-0.3, -0.25) is 9.52 Å². The SMILES string of the molecule is Cc1ccc(NS(=O)(=O)c2cccc(C(=O)N/N=C/c3ccc(N4CCOCC4)cc3)c2)c(C)c1. The van der Waals surface area contributed by atoms with Crippen LogP contribution in [0.5, 0.6) is 0 Å². The van der Waals surface area contributed by atoms with Gasteiger partial charge in [-0.25, -0.2) is 13.8 Å². The summed E-state index contributed by atoms with van der Waals surface area (Å²) in [5.41, 5.74) is 6.94. The van der Waals surface area contributed by atoms with Gasteiger partial charge in [-0.1, -0.05) is 35.9 Å². The van der Waals surface area contributed by atoms with Gasteiger partial charge in [-0.05, 0) is 61.4 Å². The maximum absolute atomic E-state index is 12.9. The van der Waals surface area contributed by atoms with Gasteiger partial charge in [0.15, 0.2) is 0 Å². The Morgan fingerprint density at radius 3 is 2.46 bits per heavy atom. The number of carbonyl (C=O) groups excluding carboxylic acids is 1. The number of aryl methyl sites for hydroxylation is 2. The van der Waals surface area contributed by atoms with Crippen molar-refractivity contribution in [2.45, 2.75) is 18.7 Å². The summed E-state index contributed by atoms with van der Waals surface area (Å²) in [6.07, 6.45) is 1.54. The van der Waals surface area contributed by atoms with Crippen LogP contribution in [0.15, 0.2) is 76.7 Å². The number of carbonyl (C=O) groups is 1. The lowest BCUT2D eigenvalue weighted by atomic mass is 10.1. The molecule has 4 rings (SSSR count). The number of amides is 1. The lowest BCUT2D eigenvalue weighted by molar-refractivity contribution is 0.0955. The van der Waals surface area contributed by atoms with Crippen molar-refractivity contribution in [3.05, 3.63) is 89.0 Å². The monoisotopic (exact) mass is 492 g/mol. The first kappa shape index (κ1) is 24.4. The number of nitrogens with zero attached hydrogens (tertiary/aromatic N) is 2. The zero-order chi connectivity index (χ0) is 24.8. The number of hydrogen-bond donors (Lipinski definition) is 2. The number of morpholine rings is 1. The molecule has 0 aromatic heterocycles. The van der Waals surface area contributed by atoms with Crippen molar-refractivity contribution >= 4 is 33.5 Å². The number of hydrazone groups is 1. The maximum Gasteiger partial charge on any atom is 0.271 e. The second-order valence-electron chi connectivity index (χ2n) is 8.34. The zero-order valence-corrected chi connectivity index (χ0v) is 20.5. The van der Waals surface area contributed by atoms with Crippen molar-refractivity contribution < 1.29 is 17.9 Å². The molecule has 0 atom stereocenters. The van der Waals surface area contributed by atoms with Crippen LogP contribution in [-0.4, -0.2) is 46.8 Å². The maximum atomic E-state index is 12.9. The summed E-state index contributed by atoms with van der Waals surface area (Å²) < 4.78 is 33.7. The quantitative estimate of drug-likeness (QED) is 0.387. The minimum atomic E-state index is -3.86. The summed E-state index contributed by atoms with van der Waals surface area (Å²) in [6.45, 7) is 6.94. The zero-order valence-electron chi connectivity index (χ0n) is 19.7. The second kappa shape index (κ2) is 10.7. The fraction of sp³-hybridized carbons (Fsp3) is 0.231. The average Bonchev–Trinajstić information content (AvgIpc) is 2.87. The molecule has 182 valence electrons. The third-order valence-corrected chi connectivity index (χ3v) is 7.04. The molecule has 3 aromatic carbocycles. The minimum absolute atomic E-state index is 0.00666. The Bertz CT molecular complexity index is 1330. The summed E-state index contributed by atoms with van der Waals surface area (Å²) in [4.78, 5) is 14.8. The van der Waals surface area contributed by atoms with Crippen LogP contribution in [0.25, 0.3) is 0 Å². The van der Waals surface area contributed by atoms with Crippen molar-refractivity contribution in [2.24, 2.45) is 5.10 Å². The average molecular weight is 493 g/mol. The van der Waals surface area contributed by atoms with Crippen molar-refractivity contribution in [2.75, 3.05) is 35.9 Å². The lowest BCUT2D eigenvalue weighted by Gasteiger charge is -2.28. The number of sulfonamides is 1. The molecular formula is C26H28N4O4S. The van der Waals surface area contributed by atoms with Crippen molar-refractivity contribution in [1.82, 2.24) is 5.43 Å². The van der Waals surface area contributed by atoms with Crippen molar-refractivity contribution in [1.29, 1.82) is 0 Å². The van der Waals surface area contributed by atoms with Crippen LogP contribution < -0.4 is 15.0 Å². The van der Waals surface area contributed by atoms with E-state index >= 15 is 0 Å². The molecule has 0 unspecified atom stereocenters. The molecule has 35 heavy (non-hydrogen) atoms. The first-order valence-corrected chi connectivity index (χ1v) is 12.8. The fourth-order valence-electron chi connectivity index (χ4n) is 3.76. The molecule has 2 N–H and O–H groups in total. The van der Waals surface area contributed by atoms with E-state index in [1.807, 2.05) is 50.2 Å². The Morgan fingerprint density at radius 1 is 1.00 bits per heavy atom. The summed E-state index contributed by atoms with van der Waals surface area (Å²) in [5, 5.41) is 4.02.